The molecular formula is C50H59N11O6. The molecule has 2 atom stereocenters. The molecule has 1 unspecified atom stereocenters. The smallest absolute Gasteiger partial charge is 0.255 e. The maximum atomic E-state index is 13.6. The van der Waals surface area contributed by atoms with Crippen molar-refractivity contribution in [2.24, 2.45) is 0 Å². The molecule has 0 spiro atoms. The van der Waals surface area contributed by atoms with Crippen LogP contribution in [0.5, 0.6) is 11.5 Å². The molecule has 4 N–H and O–H groups in total. The van der Waals surface area contributed by atoms with Crippen molar-refractivity contribution in [3.63, 3.8) is 0 Å². The van der Waals surface area contributed by atoms with Gasteiger partial charge in [-0.05, 0) is 93.6 Å². The first kappa shape index (κ1) is 45.3. The average Bonchev–Trinajstić information content (AvgIpc) is 3.91. The maximum Gasteiger partial charge on any atom is 0.255 e. The van der Waals surface area contributed by atoms with Crippen molar-refractivity contribution in [2.75, 3.05) is 63.4 Å². The van der Waals surface area contributed by atoms with E-state index in [0.29, 0.717) is 85.8 Å². The molecule has 6 heterocycles. The third kappa shape index (κ3) is 10.4. The second kappa shape index (κ2) is 20.7. The van der Waals surface area contributed by atoms with Crippen LogP contribution < -0.4 is 21.1 Å². The van der Waals surface area contributed by atoms with Crippen LogP contribution in [0.15, 0.2) is 79.1 Å². The lowest BCUT2D eigenvalue weighted by Crippen LogP contribution is -2.52. The molecule has 5 amide bonds. The number of likely N-dealkylation sites (tertiary alicyclic amines) is 1. The topological polar surface area (TPSA) is 201 Å². The largest absolute Gasteiger partial charge is 0.457 e. The lowest BCUT2D eigenvalue weighted by molar-refractivity contribution is -0.137. The molecule has 350 valence electrons. The van der Waals surface area contributed by atoms with Crippen molar-refractivity contribution in [1.29, 1.82) is 0 Å². The number of unbranched alkanes of at least 4 members (excludes halogenated alkanes) is 3. The number of aromatic nitrogens is 4. The third-order valence-electron chi connectivity index (χ3n) is 13.5. The number of hydrogen-bond donors (Lipinski definition) is 3. The Morgan fingerprint density at radius 1 is 0.791 bits per heavy atom. The number of piperidine rings is 2. The molecule has 9 rings (SSSR count). The fourth-order valence-corrected chi connectivity index (χ4v) is 9.86. The van der Waals surface area contributed by atoms with E-state index in [0.717, 1.165) is 93.7 Å². The summed E-state index contributed by atoms with van der Waals surface area (Å²) < 4.78 is 7.93. The number of carbonyl (C=O) groups excluding carboxylic acids is 5. The fourth-order valence-electron chi connectivity index (χ4n) is 9.86. The number of carbonyl (C=O) groups is 5. The number of fused-ring (bicyclic) bond motifs is 2. The van der Waals surface area contributed by atoms with E-state index in [1.54, 1.807) is 11.0 Å². The van der Waals surface area contributed by atoms with Crippen LogP contribution in [0.25, 0.3) is 22.3 Å². The van der Waals surface area contributed by atoms with E-state index in [4.69, 9.17) is 15.6 Å². The van der Waals surface area contributed by atoms with Crippen LogP contribution in [-0.4, -0.2) is 127 Å². The number of nitrogen functional groups attached to an aromatic ring is 1. The van der Waals surface area contributed by atoms with Crippen LogP contribution >= 0.6 is 0 Å². The van der Waals surface area contributed by atoms with Gasteiger partial charge in [-0.2, -0.15) is 5.10 Å². The lowest BCUT2D eigenvalue weighted by Gasteiger charge is -2.35. The summed E-state index contributed by atoms with van der Waals surface area (Å²) in [5, 5.41) is 11.6. The number of nitrogens with one attached hydrogen (secondary N) is 2. The highest BCUT2D eigenvalue weighted by molar-refractivity contribution is 6.06. The Kier molecular flexibility index (Phi) is 14.0. The van der Waals surface area contributed by atoms with E-state index in [2.05, 4.69) is 25.5 Å². The molecule has 4 aliphatic heterocycles. The molecule has 4 aliphatic rings. The summed E-state index contributed by atoms with van der Waals surface area (Å²) in [7, 11) is 0. The van der Waals surface area contributed by atoms with Crippen molar-refractivity contribution >= 4 is 52.1 Å². The molecule has 0 radical (unpaired) electrons. The van der Waals surface area contributed by atoms with Gasteiger partial charge < -0.3 is 30.5 Å². The summed E-state index contributed by atoms with van der Waals surface area (Å²) >= 11 is 0. The van der Waals surface area contributed by atoms with Crippen LogP contribution in [0.3, 0.4) is 0 Å². The van der Waals surface area contributed by atoms with Crippen molar-refractivity contribution in [3.05, 3.63) is 90.3 Å². The minimum absolute atomic E-state index is 0.0515. The van der Waals surface area contributed by atoms with Crippen molar-refractivity contribution in [3.8, 4) is 22.8 Å². The summed E-state index contributed by atoms with van der Waals surface area (Å²) in [5.74, 6) is 1.29. The van der Waals surface area contributed by atoms with Gasteiger partial charge in [0.05, 0.1) is 11.4 Å². The van der Waals surface area contributed by atoms with Crippen LogP contribution in [-0.2, 0) is 25.7 Å². The van der Waals surface area contributed by atoms with E-state index in [9.17, 15) is 24.0 Å². The van der Waals surface area contributed by atoms with Gasteiger partial charge in [-0.15, -0.1) is 0 Å². The van der Waals surface area contributed by atoms with Gasteiger partial charge in [0.25, 0.3) is 5.91 Å². The minimum Gasteiger partial charge on any atom is -0.457 e. The highest BCUT2D eigenvalue weighted by atomic mass is 16.5. The molecule has 0 bridgehead atoms. The van der Waals surface area contributed by atoms with E-state index in [1.807, 2.05) is 81.2 Å². The summed E-state index contributed by atoms with van der Waals surface area (Å²) in [4.78, 5) is 80.6. The minimum atomic E-state index is -0.635. The normalized spacial score (nSPS) is 18.9. The van der Waals surface area contributed by atoms with Crippen molar-refractivity contribution < 1.29 is 28.7 Å². The highest BCUT2D eigenvalue weighted by Crippen LogP contribution is 2.36. The molecule has 0 aliphatic carbocycles. The first-order chi connectivity index (χ1) is 32.7. The second-order valence-electron chi connectivity index (χ2n) is 18.0. The molecule has 3 aromatic carbocycles. The number of ether oxygens (including phenoxy) is 1. The van der Waals surface area contributed by atoms with Gasteiger partial charge in [0.2, 0.25) is 23.6 Å². The molecule has 17 nitrogen and oxygen atoms in total. The van der Waals surface area contributed by atoms with Gasteiger partial charge in [0.15, 0.2) is 5.65 Å². The standard InChI is InChI=1S/C50H59N11O6/c51-47-45-46(34-18-20-37(21-19-34)67-36-12-4-3-5-13-36)56-61(48(45)54-33-53-47)35-11-9-26-59(31-35)44(64)17-10-25-57-27-29-58(30-28-57)43(63)16-6-1-2-7-24-52-40-15-8-14-38-39(40)32-60(50(38)66)41-22-23-42(62)55-49(41)65/h3-5,8,12-15,18-21,33,35,41,52H,1-2,6-7,9-11,16-17,22-32H2,(H2,51,53,54)(H,55,62,65)/t35-,41?/m1/s1. The summed E-state index contributed by atoms with van der Waals surface area (Å²) in [6.45, 7) is 6.18. The van der Waals surface area contributed by atoms with Crippen molar-refractivity contribution in [2.45, 2.75) is 89.3 Å². The van der Waals surface area contributed by atoms with Crippen LogP contribution in [0.2, 0.25) is 0 Å². The molecule has 17 heteroatoms. The Morgan fingerprint density at radius 3 is 2.36 bits per heavy atom. The predicted molar refractivity (Wildman–Crippen MR) is 253 cm³/mol. The lowest BCUT2D eigenvalue weighted by atomic mass is 10.0. The van der Waals surface area contributed by atoms with Crippen LogP contribution in [0.4, 0.5) is 11.5 Å². The molecule has 2 aromatic heterocycles. The number of rotatable bonds is 17. The first-order valence-corrected chi connectivity index (χ1v) is 23.8. The quantitative estimate of drug-likeness (QED) is 0.0752. The highest BCUT2D eigenvalue weighted by Gasteiger charge is 2.40. The zero-order valence-corrected chi connectivity index (χ0v) is 37.9. The summed E-state index contributed by atoms with van der Waals surface area (Å²) in [6, 6.07) is 22.3. The zero-order chi connectivity index (χ0) is 46.3. The Labute approximate surface area is 390 Å². The second-order valence-corrected chi connectivity index (χ2v) is 18.0. The monoisotopic (exact) mass is 909 g/mol. The average molecular weight is 910 g/mol. The summed E-state index contributed by atoms with van der Waals surface area (Å²) in [6.07, 6.45) is 9.23. The van der Waals surface area contributed by atoms with Gasteiger partial charge in [-0.1, -0.05) is 37.1 Å². The molecule has 0 saturated carbocycles. The number of benzene rings is 3. The summed E-state index contributed by atoms with van der Waals surface area (Å²) in [5.41, 5.74) is 11.0. The van der Waals surface area contributed by atoms with E-state index >= 15 is 0 Å². The van der Waals surface area contributed by atoms with Crippen LogP contribution in [0, 0.1) is 0 Å². The molecule has 3 fully saturated rings. The molecule has 67 heavy (non-hydrogen) atoms. The molecular weight excluding hydrogens is 851 g/mol. The van der Waals surface area contributed by atoms with Gasteiger partial charge in [0.1, 0.15) is 35.4 Å². The van der Waals surface area contributed by atoms with E-state index in [-0.39, 0.29) is 36.1 Å². The molecule has 3 saturated heterocycles. The Bertz CT molecular complexity index is 2590. The Balaban J connectivity index is 0.669. The first-order valence-electron chi connectivity index (χ1n) is 23.8. The van der Waals surface area contributed by atoms with E-state index in [1.165, 1.54) is 6.33 Å². The number of nitrogens with two attached hydrogens (primary N) is 1. The number of hydrogen-bond acceptors (Lipinski definition) is 12. The zero-order valence-electron chi connectivity index (χ0n) is 37.9. The molecule has 5 aromatic rings. The van der Waals surface area contributed by atoms with E-state index < -0.39 is 11.9 Å². The van der Waals surface area contributed by atoms with Gasteiger partial charge >= 0.3 is 0 Å². The Morgan fingerprint density at radius 2 is 1.55 bits per heavy atom. The Hall–Kier alpha value is -6.88. The number of anilines is 2. The number of amides is 5. The fraction of sp³-hybridized carbons (Fsp3) is 0.440. The van der Waals surface area contributed by atoms with Gasteiger partial charge in [-0.3, -0.25) is 34.2 Å². The number of imide groups is 1. The number of nitrogens with zero attached hydrogens (tertiary/aromatic N) is 8. The predicted octanol–water partition coefficient (Wildman–Crippen LogP) is 5.78. The van der Waals surface area contributed by atoms with Gasteiger partial charge in [0, 0.05) is 94.0 Å². The maximum absolute atomic E-state index is 13.6. The number of piperazine rings is 1. The number of para-hydroxylation sites is 1. The van der Waals surface area contributed by atoms with Crippen molar-refractivity contribution in [1.82, 2.24) is 44.7 Å². The third-order valence-corrected chi connectivity index (χ3v) is 13.5. The van der Waals surface area contributed by atoms with Gasteiger partial charge in [-0.25, -0.2) is 14.6 Å². The SMILES string of the molecule is Nc1ncnc2c1c(-c1ccc(Oc3ccccc3)cc1)nn2[C@@H]1CCCN(C(=O)CCCN2CCN(C(=O)CCCCCCNc3cccc4c3CN(C3CCC(=O)NC3=O)C4=O)CC2)C1. The van der Waals surface area contributed by atoms with Crippen LogP contribution in [0.1, 0.15) is 92.6 Å².